The van der Waals surface area contributed by atoms with Crippen LogP contribution in [0.3, 0.4) is 0 Å². The number of hydrogen-bond donors (Lipinski definition) is 0. The fourth-order valence-electron chi connectivity index (χ4n) is 2.49. The summed E-state index contributed by atoms with van der Waals surface area (Å²) in [4.78, 5) is 14.1. The highest BCUT2D eigenvalue weighted by Gasteiger charge is 2.37. The lowest BCUT2D eigenvalue weighted by molar-refractivity contribution is 0.0652. The van der Waals surface area contributed by atoms with Crippen molar-refractivity contribution in [3.05, 3.63) is 27.7 Å². The number of benzene rings is 1. The second kappa shape index (κ2) is 5.61. The van der Waals surface area contributed by atoms with E-state index in [4.69, 9.17) is 33.9 Å². The molecule has 1 aliphatic heterocycles. The van der Waals surface area contributed by atoms with Crippen LogP contribution in [0.2, 0.25) is 10.0 Å². The van der Waals surface area contributed by atoms with Gasteiger partial charge < -0.3 is 4.90 Å². The minimum absolute atomic E-state index is 0.0151. The molecule has 1 aromatic rings. The van der Waals surface area contributed by atoms with Crippen molar-refractivity contribution in [1.29, 1.82) is 0 Å². The molecule has 0 aliphatic carbocycles. The van der Waals surface area contributed by atoms with Gasteiger partial charge in [0.15, 0.2) is 0 Å². The standard InChI is InChI=1S/C13H14Cl3NO3S/c1-13(2)4-3-5-17(13)12(18)9-6-8(21(16,19)20)7-10(14)11(9)15/h6-7H,3-5H2,1-2H3. The zero-order valence-corrected chi connectivity index (χ0v) is 14.6. The Labute approximate surface area is 138 Å². The second-order valence-corrected chi connectivity index (χ2v) is 8.93. The molecule has 1 saturated heterocycles. The molecule has 0 unspecified atom stereocenters. The SMILES string of the molecule is CC1(C)CCCN1C(=O)c1cc(S(=O)(=O)Cl)cc(Cl)c1Cl. The number of hydrogen-bond acceptors (Lipinski definition) is 3. The van der Waals surface area contributed by atoms with E-state index in [1.807, 2.05) is 13.8 Å². The summed E-state index contributed by atoms with van der Waals surface area (Å²) in [7, 11) is 1.33. The number of amides is 1. The van der Waals surface area contributed by atoms with Gasteiger partial charge in [-0.05, 0) is 38.8 Å². The molecule has 0 aromatic heterocycles. The van der Waals surface area contributed by atoms with Crippen LogP contribution in [0.1, 0.15) is 37.0 Å². The van der Waals surface area contributed by atoms with Crippen LogP contribution in [0.15, 0.2) is 17.0 Å². The Balaban J connectivity index is 2.53. The Morgan fingerprint density at radius 1 is 1.29 bits per heavy atom. The first-order chi connectivity index (χ1) is 9.54. The monoisotopic (exact) mass is 369 g/mol. The van der Waals surface area contributed by atoms with Crippen LogP contribution in [-0.4, -0.2) is 31.3 Å². The van der Waals surface area contributed by atoms with Crippen LogP contribution in [0.4, 0.5) is 0 Å². The number of carbonyl (C=O) groups excluding carboxylic acids is 1. The molecular formula is C13H14Cl3NO3S. The first kappa shape index (κ1) is 16.9. The summed E-state index contributed by atoms with van der Waals surface area (Å²) in [6.07, 6.45) is 1.76. The Bertz CT molecular complexity index is 701. The normalized spacial score (nSPS) is 18.0. The van der Waals surface area contributed by atoms with Gasteiger partial charge in [0.05, 0.1) is 20.5 Å². The van der Waals surface area contributed by atoms with E-state index in [0.717, 1.165) is 18.9 Å². The van der Waals surface area contributed by atoms with E-state index in [2.05, 4.69) is 0 Å². The predicted octanol–water partition coefficient (Wildman–Crippen LogP) is 3.94. The third-order valence-corrected chi connectivity index (χ3v) is 5.80. The molecule has 4 nitrogen and oxygen atoms in total. The van der Waals surface area contributed by atoms with Crippen molar-refractivity contribution in [2.75, 3.05) is 6.54 Å². The minimum Gasteiger partial charge on any atom is -0.333 e. The Morgan fingerprint density at radius 2 is 1.90 bits per heavy atom. The fourth-order valence-corrected chi connectivity index (χ4v) is 3.75. The average molecular weight is 371 g/mol. The Kier molecular flexibility index (Phi) is 4.51. The van der Waals surface area contributed by atoms with Gasteiger partial charge in [-0.15, -0.1) is 0 Å². The summed E-state index contributed by atoms with van der Waals surface area (Å²) in [6, 6.07) is 2.31. The highest BCUT2D eigenvalue weighted by molar-refractivity contribution is 8.13. The molecule has 0 bridgehead atoms. The van der Waals surface area contributed by atoms with Crippen molar-refractivity contribution in [2.45, 2.75) is 37.1 Å². The highest BCUT2D eigenvalue weighted by atomic mass is 35.7. The molecule has 116 valence electrons. The first-order valence-electron chi connectivity index (χ1n) is 6.30. The van der Waals surface area contributed by atoms with E-state index in [1.165, 1.54) is 6.07 Å². The van der Waals surface area contributed by atoms with Gasteiger partial charge >= 0.3 is 0 Å². The molecular weight excluding hydrogens is 357 g/mol. The molecule has 8 heteroatoms. The maximum Gasteiger partial charge on any atom is 0.261 e. The van der Waals surface area contributed by atoms with Gasteiger partial charge in [-0.1, -0.05) is 23.2 Å². The molecule has 1 aromatic carbocycles. The van der Waals surface area contributed by atoms with Crippen LogP contribution in [0, 0.1) is 0 Å². The molecule has 21 heavy (non-hydrogen) atoms. The Hall–Kier alpha value is -0.490. The molecule has 1 heterocycles. The van der Waals surface area contributed by atoms with E-state index in [1.54, 1.807) is 4.90 Å². The summed E-state index contributed by atoms with van der Waals surface area (Å²) < 4.78 is 22.9. The summed E-state index contributed by atoms with van der Waals surface area (Å²) in [5.74, 6) is -0.341. The molecule has 2 rings (SSSR count). The molecule has 1 fully saturated rings. The summed E-state index contributed by atoms with van der Waals surface area (Å²) in [6.45, 7) is 4.50. The van der Waals surface area contributed by atoms with E-state index in [-0.39, 0.29) is 32.0 Å². The predicted molar refractivity (Wildman–Crippen MR) is 83.9 cm³/mol. The number of rotatable bonds is 2. The topological polar surface area (TPSA) is 54.5 Å². The fraction of sp³-hybridized carbons (Fsp3) is 0.462. The van der Waals surface area contributed by atoms with E-state index < -0.39 is 9.05 Å². The van der Waals surface area contributed by atoms with Crippen molar-refractivity contribution in [1.82, 2.24) is 4.90 Å². The zero-order valence-electron chi connectivity index (χ0n) is 11.5. The first-order valence-corrected chi connectivity index (χ1v) is 9.36. The maximum atomic E-state index is 12.7. The molecule has 0 spiro atoms. The quantitative estimate of drug-likeness (QED) is 0.741. The summed E-state index contributed by atoms with van der Waals surface area (Å²) >= 11 is 12.0. The van der Waals surface area contributed by atoms with E-state index >= 15 is 0 Å². The van der Waals surface area contributed by atoms with Gasteiger partial charge in [0.25, 0.3) is 15.0 Å². The number of carbonyl (C=O) groups is 1. The average Bonchev–Trinajstić information content (AvgIpc) is 2.70. The van der Waals surface area contributed by atoms with Gasteiger partial charge in [0, 0.05) is 22.8 Å². The van der Waals surface area contributed by atoms with Crippen molar-refractivity contribution >= 4 is 48.8 Å². The number of nitrogens with zero attached hydrogens (tertiary/aromatic N) is 1. The lowest BCUT2D eigenvalue weighted by Gasteiger charge is -2.32. The third-order valence-electron chi connectivity index (χ3n) is 3.66. The van der Waals surface area contributed by atoms with E-state index in [9.17, 15) is 13.2 Å². The largest absolute Gasteiger partial charge is 0.333 e. The summed E-state index contributed by atoms with van der Waals surface area (Å²) in [5, 5.41) is 0.0205. The summed E-state index contributed by atoms with van der Waals surface area (Å²) in [5.41, 5.74) is -0.249. The van der Waals surface area contributed by atoms with Gasteiger partial charge in [-0.3, -0.25) is 4.79 Å². The molecule has 0 N–H and O–H groups in total. The van der Waals surface area contributed by atoms with Crippen LogP contribution in [0.25, 0.3) is 0 Å². The van der Waals surface area contributed by atoms with Gasteiger partial charge in [-0.25, -0.2) is 8.42 Å². The highest BCUT2D eigenvalue weighted by Crippen LogP contribution is 2.35. The smallest absolute Gasteiger partial charge is 0.261 e. The molecule has 0 radical (unpaired) electrons. The van der Waals surface area contributed by atoms with Crippen molar-refractivity contribution < 1.29 is 13.2 Å². The molecule has 1 aliphatic rings. The van der Waals surface area contributed by atoms with Gasteiger partial charge in [0.1, 0.15) is 0 Å². The Morgan fingerprint density at radius 3 is 2.38 bits per heavy atom. The van der Waals surface area contributed by atoms with Crippen molar-refractivity contribution in [2.24, 2.45) is 0 Å². The molecule has 0 atom stereocenters. The number of likely N-dealkylation sites (tertiary alicyclic amines) is 1. The van der Waals surface area contributed by atoms with Crippen LogP contribution in [-0.2, 0) is 9.05 Å². The maximum absolute atomic E-state index is 12.7. The molecule has 1 amide bonds. The third kappa shape index (κ3) is 3.31. The molecule has 0 saturated carbocycles. The lowest BCUT2D eigenvalue weighted by atomic mass is 10.0. The lowest BCUT2D eigenvalue weighted by Crippen LogP contribution is -2.42. The van der Waals surface area contributed by atoms with Gasteiger partial charge in [-0.2, -0.15) is 0 Å². The number of halogens is 3. The minimum atomic E-state index is -3.99. The van der Waals surface area contributed by atoms with Crippen LogP contribution < -0.4 is 0 Å². The zero-order chi connectivity index (χ0) is 16.0. The van der Waals surface area contributed by atoms with Crippen LogP contribution >= 0.6 is 33.9 Å². The second-order valence-electron chi connectivity index (χ2n) is 5.58. The van der Waals surface area contributed by atoms with Gasteiger partial charge in [0.2, 0.25) is 0 Å². The van der Waals surface area contributed by atoms with E-state index in [0.29, 0.717) is 6.54 Å². The van der Waals surface area contributed by atoms with Crippen molar-refractivity contribution in [3.63, 3.8) is 0 Å². The van der Waals surface area contributed by atoms with Crippen LogP contribution in [0.5, 0.6) is 0 Å². The van der Waals surface area contributed by atoms with Crippen molar-refractivity contribution in [3.8, 4) is 0 Å².